The summed E-state index contributed by atoms with van der Waals surface area (Å²) in [4.78, 5) is 22.8. The van der Waals surface area contributed by atoms with Crippen LogP contribution >= 0.6 is 0 Å². The summed E-state index contributed by atoms with van der Waals surface area (Å²) in [6, 6.07) is 0. The van der Waals surface area contributed by atoms with Gasteiger partial charge >= 0.3 is 5.97 Å². The van der Waals surface area contributed by atoms with Crippen LogP contribution in [0.15, 0.2) is 0 Å². The van der Waals surface area contributed by atoms with E-state index in [0.29, 0.717) is 12.3 Å². The van der Waals surface area contributed by atoms with E-state index in [1.807, 2.05) is 13.8 Å². The summed E-state index contributed by atoms with van der Waals surface area (Å²) in [6.45, 7) is 3.77. The van der Waals surface area contributed by atoms with Gasteiger partial charge in [0.15, 0.2) is 0 Å². The second-order valence-electron chi connectivity index (χ2n) is 5.90. The molecular weight excluding hydrogens is 216 g/mol. The number of fused-ring (bicyclic) bond motifs is 2. The third-order valence-corrected chi connectivity index (χ3v) is 4.74. The molecule has 3 nitrogen and oxygen atoms in total. The van der Waals surface area contributed by atoms with E-state index in [1.165, 1.54) is 19.3 Å². The van der Waals surface area contributed by atoms with E-state index in [1.54, 1.807) is 0 Å². The molecule has 0 N–H and O–H groups in total. The van der Waals surface area contributed by atoms with Crippen LogP contribution in [0.4, 0.5) is 0 Å². The molecule has 0 radical (unpaired) electrons. The molecule has 4 atom stereocenters. The van der Waals surface area contributed by atoms with Crippen LogP contribution in [0, 0.1) is 17.3 Å². The van der Waals surface area contributed by atoms with Gasteiger partial charge in [0.1, 0.15) is 12.4 Å². The van der Waals surface area contributed by atoms with E-state index in [4.69, 9.17) is 4.74 Å². The Balaban J connectivity index is 1.94. The van der Waals surface area contributed by atoms with Crippen molar-refractivity contribution in [1.29, 1.82) is 0 Å². The molecule has 96 valence electrons. The molecule has 0 aromatic heterocycles. The van der Waals surface area contributed by atoms with E-state index in [2.05, 4.69) is 0 Å². The third-order valence-electron chi connectivity index (χ3n) is 4.74. The van der Waals surface area contributed by atoms with Gasteiger partial charge in [-0.05, 0) is 50.9 Å². The molecule has 2 bridgehead atoms. The van der Waals surface area contributed by atoms with E-state index in [0.717, 1.165) is 18.6 Å². The number of ether oxygens (including phenoxy) is 1. The Kier molecular flexibility index (Phi) is 3.55. The first-order valence-corrected chi connectivity index (χ1v) is 6.73. The second kappa shape index (κ2) is 4.79. The monoisotopic (exact) mass is 238 g/mol. The lowest BCUT2D eigenvalue weighted by Crippen LogP contribution is -2.34. The van der Waals surface area contributed by atoms with Crippen molar-refractivity contribution >= 4 is 12.3 Å². The standard InChI is InChI=1S/C14H22O3/c1-3-14(2,6-7-15)13(16)17-12-9-10-4-5-11(12)8-10/h7,10-12H,3-6,8-9H2,1-2H3. The van der Waals surface area contributed by atoms with E-state index >= 15 is 0 Å². The molecule has 0 aromatic rings. The van der Waals surface area contributed by atoms with Gasteiger partial charge in [-0.2, -0.15) is 0 Å². The zero-order chi connectivity index (χ0) is 12.5. The van der Waals surface area contributed by atoms with Crippen LogP contribution in [0.1, 0.15) is 52.4 Å². The summed E-state index contributed by atoms with van der Waals surface area (Å²) in [5.41, 5.74) is -0.621. The fourth-order valence-electron chi connectivity index (χ4n) is 3.17. The smallest absolute Gasteiger partial charge is 0.312 e. The van der Waals surface area contributed by atoms with E-state index in [9.17, 15) is 9.59 Å². The number of carbonyl (C=O) groups excluding carboxylic acids is 2. The van der Waals surface area contributed by atoms with Crippen molar-refractivity contribution in [2.45, 2.75) is 58.5 Å². The number of rotatable bonds is 5. The van der Waals surface area contributed by atoms with Crippen LogP contribution in [-0.4, -0.2) is 18.4 Å². The molecule has 0 amide bonds. The highest BCUT2D eigenvalue weighted by Gasteiger charge is 2.44. The van der Waals surface area contributed by atoms with E-state index in [-0.39, 0.29) is 18.5 Å². The van der Waals surface area contributed by atoms with Gasteiger partial charge in [-0.15, -0.1) is 0 Å². The average molecular weight is 238 g/mol. The zero-order valence-electron chi connectivity index (χ0n) is 10.8. The molecule has 2 rings (SSSR count). The molecule has 4 unspecified atom stereocenters. The van der Waals surface area contributed by atoms with Gasteiger partial charge in [-0.1, -0.05) is 6.92 Å². The SMILES string of the molecule is CCC(C)(CC=O)C(=O)OC1CC2CCC1C2. The Hall–Kier alpha value is -0.860. The van der Waals surface area contributed by atoms with Gasteiger partial charge in [0, 0.05) is 6.42 Å². The predicted molar refractivity (Wildman–Crippen MR) is 64.4 cm³/mol. The predicted octanol–water partition coefficient (Wildman–Crippen LogP) is 2.72. The van der Waals surface area contributed by atoms with Crippen LogP contribution in [0.3, 0.4) is 0 Å². The fraction of sp³-hybridized carbons (Fsp3) is 0.857. The highest BCUT2D eigenvalue weighted by molar-refractivity contribution is 5.79. The number of carbonyl (C=O) groups is 2. The molecular formula is C14H22O3. The lowest BCUT2D eigenvalue weighted by atomic mass is 9.84. The van der Waals surface area contributed by atoms with Crippen molar-refractivity contribution in [2.75, 3.05) is 0 Å². The maximum atomic E-state index is 12.1. The third kappa shape index (κ3) is 2.38. The molecule has 2 aliphatic rings. The molecule has 0 aromatic carbocycles. The van der Waals surface area contributed by atoms with Crippen molar-refractivity contribution in [3.63, 3.8) is 0 Å². The van der Waals surface area contributed by atoms with Crippen LogP contribution < -0.4 is 0 Å². The summed E-state index contributed by atoms with van der Waals surface area (Å²) in [6.07, 6.45) is 6.65. The molecule has 0 saturated heterocycles. The van der Waals surface area contributed by atoms with Crippen molar-refractivity contribution < 1.29 is 14.3 Å². The molecule has 0 aliphatic heterocycles. The van der Waals surface area contributed by atoms with Gasteiger partial charge in [-0.3, -0.25) is 4.79 Å². The second-order valence-corrected chi connectivity index (χ2v) is 5.90. The Labute approximate surface area is 103 Å². The van der Waals surface area contributed by atoms with Gasteiger partial charge in [0.05, 0.1) is 5.41 Å². The normalized spacial score (nSPS) is 34.4. The minimum Gasteiger partial charge on any atom is -0.462 e. The number of hydrogen-bond acceptors (Lipinski definition) is 3. The number of aldehydes is 1. The van der Waals surface area contributed by atoms with Crippen LogP contribution in [0.5, 0.6) is 0 Å². The quantitative estimate of drug-likeness (QED) is 0.546. The molecule has 2 fully saturated rings. The molecule has 0 spiro atoms. The summed E-state index contributed by atoms with van der Waals surface area (Å²) in [5.74, 6) is 1.18. The maximum absolute atomic E-state index is 12.1. The fourth-order valence-corrected chi connectivity index (χ4v) is 3.17. The van der Waals surface area contributed by atoms with Crippen molar-refractivity contribution in [1.82, 2.24) is 0 Å². The first kappa shape index (κ1) is 12.6. The summed E-state index contributed by atoms with van der Waals surface area (Å²) in [7, 11) is 0. The maximum Gasteiger partial charge on any atom is 0.312 e. The molecule has 17 heavy (non-hydrogen) atoms. The molecule has 2 saturated carbocycles. The Morgan fingerprint density at radius 2 is 2.18 bits per heavy atom. The average Bonchev–Trinajstić information content (AvgIpc) is 2.91. The van der Waals surface area contributed by atoms with Crippen LogP contribution in [0.25, 0.3) is 0 Å². The topological polar surface area (TPSA) is 43.4 Å². The minimum absolute atomic E-state index is 0.124. The molecule has 0 heterocycles. The number of hydrogen-bond donors (Lipinski definition) is 0. The largest absolute Gasteiger partial charge is 0.462 e. The van der Waals surface area contributed by atoms with Gasteiger partial charge in [-0.25, -0.2) is 0 Å². The molecule has 3 heteroatoms. The highest BCUT2D eigenvalue weighted by Crippen LogP contribution is 2.46. The van der Waals surface area contributed by atoms with Gasteiger partial charge in [0.25, 0.3) is 0 Å². The lowest BCUT2D eigenvalue weighted by molar-refractivity contribution is -0.164. The van der Waals surface area contributed by atoms with Gasteiger partial charge in [0.2, 0.25) is 0 Å². The highest BCUT2D eigenvalue weighted by atomic mass is 16.5. The van der Waals surface area contributed by atoms with E-state index < -0.39 is 5.41 Å². The zero-order valence-corrected chi connectivity index (χ0v) is 10.8. The Bertz CT molecular complexity index is 313. The summed E-state index contributed by atoms with van der Waals surface area (Å²) in [5, 5.41) is 0. The summed E-state index contributed by atoms with van der Waals surface area (Å²) < 4.78 is 5.66. The Morgan fingerprint density at radius 1 is 1.41 bits per heavy atom. The van der Waals surface area contributed by atoms with Crippen LogP contribution in [0.2, 0.25) is 0 Å². The van der Waals surface area contributed by atoms with Crippen molar-refractivity contribution in [3.05, 3.63) is 0 Å². The van der Waals surface area contributed by atoms with Crippen LogP contribution in [-0.2, 0) is 14.3 Å². The first-order chi connectivity index (χ1) is 8.09. The number of esters is 1. The lowest BCUT2D eigenvalue weighted by Gasteiger charge is -2.29. The molecule has 2 aliphatic carbocycles. The first-order valence-electron chi connectivity index (χ1n) is 6.73. The van der Waals surface area contributed by atoms with Crippen molar-refractivity contribution in [3.8, 4) is 0 Å². The van der Waals surface area contributed by atoms with Crippen molar-refractivity contribution in [2.24, 2.45) is 17.3 Å². The van der Waals surface area contributed by atoms with Gasteiger partial charge < -0.3 is 9.53 Å². The minimum atomic E-state index is -0.621. The summed E-state index contributed by atoms with van der Waals surface area (Å²) >= 11 is 0. The Morgan fingerprint density at radius 3 is 2.65 bits per heavy atom.